The molecule has 0 aliphatic carbocycles. The number of benzene rings is 1. The molecule has 0 radical (unpaired) electrons. The van der Waals surface area contributed by atoms with Crippen molar-refractivity contribution in [3.8, 4) is 17.1 Å². The lowest BCUT2D eigenvalue weighted by Gasteiger charge is -2.10. The van der Waals surface area contributed by atoms with Gasteiger partial charge < -0.3 is 4.74 Å². The predicted octanol–water partition coefficient (Wildman–Crippen LogP) is 8.12. The van der Waals surface area contributed by atoms with E-state index < -0.39 is 6.17 Å². The molecule has 2 aromatic rings. The number of halogens is 1. The summed E-state index contributed by atoms with van der Waals surface area (Å²) < 4.78 is 19.4. The van der Waals surface area contributed by atoms with Crippen molar-refractivity contribution in [2.45, 2.75) is 103 Å². The monoisotopic (exact) mass is 428 g/mol. The molecule has 3 nitrogen and oxygen atoms in total. The second-order valence-corrected chi connectivity index (χ2v) is 8.57. The van der Waals surface area contributed by atoms with Gasteiger partial charge in [-0.25, -0.2) is 14.4 Å². The van der Waals surface area contributed by atoms with Gasteiger partial charge in [0.05, 0.1) is 0 Å². The Bertz CT molecular complexity index is 687. The fourth-order valence-electron chi connectivity index (χ4n) is 3.68. The van der Waals surface area contributed by atoms with Crippen LogP contribution < -0.4 is 4.74 Å². The summed E-state index contributed by atoms with van der Waals surface area (Å²) in [5, 5.41) is 0. The molecule has 0 aliphatic heterocycles. The lowest BCUT2D eigenvalue weighted by Crippen LogP contribution is -2.12. The van der Waals surface area contributed by atoms with Crippen molar-refractivity contribution in [3.05, 3.63) is 42.2 Å². The van der Waals surface area contributed by atoms with Gasteiger partial charge in [0.15, 0.2) is 5.82 Å². The van der Waals surface area contributed by atoms with Gasteiger partial charge in [-0.15, -0.1) is 0 Å². The highest BCUT2D eigenvalue weighted by Gasteiger charge is 2.08. The number of hydrogen-bond donors (Lipinski definition) is 0. The van der Waals surface area contributed by atoms with Crippen LogP contribution in [0.5, 0.6) is 5.75 Å². The molecule has 4 heteroatoms. The van der Waals surface area contributed by atoms with Gasteiger partial charge in [-0.1, -0.05) is 78.1 Å². The summed E-state index contributed by atoms with van der Waals surface area (Å²) in [4.78, 5) is 9.06. The Labute approximate surface area is 188 Å². The third-order valence-electron chi connectivity index (χ3n) is 5.69. The molecular formula is C27H41FN2O. The van der Waals surface area contributed by atoms with Crippen molar-refractivity contribution >= 4 is 0 Å². The molecular weight excluding hydrogens is 387 g/mol. The van der Waals surface area contributed by atoms with Crippen molar-refractivity contribution < 1.29 is 9.13 Å². The summed E-state index contributed by atoms with van der Waals surface area (Å²) in [5.74, 6) is 1.40. The van der Waals surface area contributed by atoms with Gasteiger partial charge in [0.2, 0.25) is 0 Å². The first kappa shape index (κ1) is 25.3. The van der Waals surface area contributed by atoms with Gasteiger partial charge in [0.1, 0.15) is 18.5 Å². The van der Waals surface area contributed by atoms with Crippen LogP contribution in [-0.4, -0.2) is 22.7 Å². The zero-order valence-electron chi connectivity index (χ0n) is 19.6. The second-order valence-electron chi connectivity index (χ2n) is 8.57. The van der Waals surface area contributed by atoms with E-state index in [9.17, 15) is 4.39 Å². The first-order chi connectivity index (χ1) is 15.2. The molecule has 0 spiro atoms. The van der Waals surface area contributed by atoms with Crippen LogP contribution in [0.15, 0.2) is 36.7 Å². The molecule has 0 saturated heterocycles. The van der Waals surface area contributed by atoms with Crippen LogP contribution in [0.25, 0.3) is 11.4 Å². The lowest BCUT2D eigenvalue weighted by atomic mass is 10.1. The van der Waals surface area contributed by atoms with Gasteiger partial charge in [0.25, 0.3) is 0 Å². The first-order valence-electron chi connectivity index (χ1n) is 12.4. The van der Waals surface area contributed by atoms with Gasteiger partial charge >= 0.3 is 0 Å². The molecule has 0 aliphatic rings. The van der Waals surface area contributed by atoms with E-state index in [0.717, 1.165) is 31.2 Å². The predicted molar refractivity (Wildman–Crippen MR) is 128 cm³/mol. The van der Waals surface area contributed by atoms with Crippen LogP contribution in [0.1, 0.15) is 96.5 Å². The maximum absolute atomic E-state index is 13.8. The number of alkyl halides is 1. The number of unbranched alkanes of at least 4 members (excludes halogenated alkanes) is 9. The van der Waals surface area contributed by atoms with Crippen molar-refractivity contribution in [1.82, 2.24) is 9.97 Å². The van der Waals surface area contributed by atoms with Gasteiger partial charge in [-0.3, -0.25) is 0 Å². The van der Waals surface area contributed by atoms with E-state index in [-0.39, 0.29) is 6.61 Å². The third-order valence-corrected chi connectivity index (χ3v) is 5.69. The molecule has 31 heavy (non-hydrogen) atoms. The van der Waals surface area contributed by atoms with E-state index in [1.165, 1.54) is 56.9 Å². The standard InChI is InChI=1S/C27H41FN2O/c1-3-5-7-8-9-10-11-13-14-23-20-29-27(30-21-23)24-16-18-26(19-17-24)31-22-25(28)15-12-6-4-2/h16-21,25H,3-15,22H2,1-2H3/t25-/m0/s1. The summed E-state index contributed by atoms with van der Waals surface area (Å²) in [7, 11) is 0. The molecule has 1 aromatic carbocycles. The van der Waals surface area contributed by atoms with Crippen LogP contribution in [0.4, 0.5) is 4.39 Å². The number of aromatic nitrogens is 2. The lowest BCUT2D eigenvalue weighted by molar-refractivity contribution is 0.184. The summed E-state index contributed by atoms with van der Waals surface area (Å²) in [6, 6.07) is 7.61. The molecule has 2 rings (SSSR count). The Kier molecular flexibility index (Phi) is 12.9. The topological polar surface area (TPSA) is 35.0 Å². The fraction of sp³-hybridized carbons (Fsp3) is 0.630. The summed E-state index contributed by atoms with van der Waals surface area (Å²) in [5.41, 5.74) is 2.15. The number of nitrogens with zero attached hydrogens (tertiary/aromatic N) is 2. The summed E-state index contributed by atoms with van der Waals surface area (Å²) in [6.45, 7) is 4.50. The van der Waals surface area contributed by atoms with E-state index in [4.69, 9.17) is 4.74 Å². The highest BCUT2D eigenvalue weighted by Crippen LogP contribution is 2.20. The maximum atomic E-state index is 13.8. The molecule has 0 saturated carbocycles. The van der Waals surface area contributed by atoms with Gasteiger partial charge in [-0.05, 0) is 49.1 Å². The van der Waals surface area contributed by atoms with Crippen LogP contribution in [0.2, 0.25) is 0 Å². The van der Waals surface area contributed by atoms with E-state index in [0.29, 0.717) is 18.0 Å². The molecule has 0 unspecified atom stereocenters. The first-order valence-corrected chi connectivity index (χ1v) is 12.4. The Balaban J connectivity index is 1.68. The zero-order valence-corrected chi connectivity index (χ0v) is 19.6. The molecule has 1 heterocycles. The Hall–Kier alpha value is -1.97. The quantitative estimate of drug-likeness (QED) is 0.239. The van der Waals surface area contributed by atoms with Gasteiger partial charge in [-0.2, -0.15) is 0 Å². The maximum Gasteiger partial charge on any atom is 0.159 e. The van der Waals surface area contributed by atoms with E-state index in [1.54, 1.807) is 0 Å². The molecule has 1 aromatic heterocycles. The van der Waals surface area contributed by atoms with Crippen LogP contribution in [0.3, 0.4) is 0 Å². The van der Waals surface area contributed by atoms with E-state index in [1.807, 2.05) is 36.7 Å². The van der Waals surface area contributed by atoms with E-state index >= 15 is 0 Å². The van der Waals surface area contributed by atoms with Crippen LogP contribution in [0, 0.1) is 0 Å². The Morgan fingerprint density at radius 2 is 1.35 bits per heavy atom. The highest BCUT2D eigenvalue weighted by atomic mass is 19.1. The van der Waals surface area contributed by atoms with Crippen molar-refractivity contribution in [3.63, 3.8) is 0 Å². The smallest absolute Gasteiger partial charge is 0.159 e. The largest absolute Gasteiger partial charge is 0.491 e. The van der Waals surface area contributed by atoms with Crippen molar-refractivity contribution in [2.75, 3.05) is 6.61 Å². The minimum Gasteiger partial charge on any atom is -0.491 e. The zero-order chi connectivity index (χ0) is 22.2. The number of ether oxygens (including phenoxy) is 1. The second kappa shape index (κ2) is 15.8. The van der Waals surface area contributed by atoms with E-state index in [2.05, 4.69) is 23.8 Å². The molecule has 0 bridgehead atoms. The molecule has 172 valence electrons. The van der Waals surface area contributed by atoms with Crippen molar-refractivity contribution in [1.29, 1.82) is 0 Å². The van der Waals surface area contributed by atoms with Crippen LogP contribution in [-0.2, 0) is 6.42 Å². The third kappa shape index (κ3) is 10.8. The number of hydrogen-bond acceptors (Lipinski definition) is 3. The molecule has 0 fully saturated rings. The Morgan fingerprint density at radius 3 is 2.00 bits per heavy atom. The number of aryl methyl sites for hydroxylation is 1. The van der Waals surface area contributed by atoms with Crippen molar-refractivity contribution in [2.24, 2.45) is 0 Å². The molecule has 0 N–H and O–H groups in total. The minimum absolute atomic E-state index is 0.118. The highest BCUT2D eigenvalue weighted by molar-refractivity contribution is 5.55. The summed E-state index contributed by atoms with van der Waals surface area (Å²) in [6.07, 6.45) is 18.3. The minimum atomic E-state index is -0.900. The fourth-order valence-corrected chi connectivity index (χ4v) is 3.68. The SMILES string of the molecule is CCCCCCCCCCc1cnc(-c2ccc(OC[C@@H](F)CCCCC)cc2)nc1. The molecule has 1 atom stereocenters. The number of rotatable bonds is 17. The normalized spacial score (nSPS) is 12.1. The average Bonchev–Trinajstić information content (AvgIpc) is 2.80. The average molecular weight is 429 g/mol. The Morgan fingerprint density at radius 1 is 0.774 bits per heavy atom. The summed E-state index contributed by atoms with van der Waals surface area (Å²) >= 11 is 0. The van der Waals surface area contributed by atoms with Gasteiger partial charge in [0, 0.05) is 18.0 Å². The van der Waals surface area contributed by atoms with Crippen LogP contribution >= 0.6 is 0 Å². The molecule has 0 amide bonds.